The fourth-order valence-corrected chi connectivity index (χ4v) is 1.84. The fourth-order valence-electron chi connectivity index (χ4n) is 1.84. The Hall–Kier alpha value is -0.770. The van der Waals surface area contributed by atoms with Gasteiger partial charge in [0, 0.05) is 11.6 Å². The summed E-state index contributed by atoms with van der Waals surface area (Å²) in [6.45, 7) is 9.51. The minimum absolute atomic E-state index is 0.233. The van der Waals surface area contributed by atoms with Crippen molar-refractivity contribution < 1.29 is 9.53 Å². The van der Waals surface area contributed by atoms with Crippen molar-refractivity contribution >= 4 is 6.09 Å². The molecular weight excluding hydrogens is 204 g/mol. The number of nitrogens with one attached hydrogen (secondary N) is 2. The van der Waals surface area contributed by atoms with Gasteiger partial charge in [0.1, 0.15) is 6.61 Å². The van der Waals surface area contributed by atoms with Gasteiger partial charge in [-0.2, -0.15) is 0 Å². The molecule has 1 saturated heterocycles. The van der Waals surface area contributed by atoms with Crippen LogP contribution in [0.5, 0.6) is 0 Å². The summed E-state index contributed by atoms with van der Waals surface area (Å²) in [4.78, 5) is 11.4. The Morgan fingerprint density at radius 1 is 1.50 bits per heavy atom. The molecule has 1 amide bonds. The van der Waals surface area contributed by atoms with Crippen LogP contribution in [0.3, 0.4) is 0 Å². The molecule has 0 aromatic heterocycles. The van der Waals surface area contributed by atoms with Crippen LogP contribution >= 0.6 is 0 Å². The van der Waals surface area contributed by atoms with E-state index in [1.165, 1.54) is 12.8 Å². The summed E-state index contributed by atoms with van der Waals surface area (Å²) in [5.74, 6) is 0.580. The molecule has 1 heterocycles. The zero-order chi connectivity index (χ0) is 12.2. The Morgan fingerprint density at radius 2 is 2.19 bits per heavy atom. The third kappa shape index (κ3) is 4.84. The molecule has 2 N–H and O–H groups in total. The van der Waals surface area contributed by atoms with Crippen LogP contribution in [0, 0.1) is 5.92 Å². The molecule has 0 radical (unpaired) electrons. The molecule has 1 aliphatic rings. The van der Waals surface area contributed by atoms with Gasteiger partial charge in [-0.3, -0.25) is 0 Å². The lowest BCUT2D eigenvalue weighted by Gasteiger charge is -2.30. The van der Waals surface area contributed by atoms with E-state index in [0.29, 0.717) is 18.6 Å². The molecule has 0 aliphatic carbocycles. The molecule has 1 aliphatic heterocycles. The molecule has 94 valence electrons. The Labute approximate surface area is 98.1 Å². The molecule has 1 rings (SSSR count). The predicted molar refractivity (Wildman–Crippen MR) is 64.4 cm³/mol. The maximum Gasteiger partial charge on any atom is 0.407 e. The Morgan fingerprint density at radius 3 is 2.75 bits per heavy atom. The molecule has 0 saturated carbocycles. The highest BCUT2D eigenvalue weighted by molar-refractivity contribution is 5.68. The van der Waals surface area contributed by atoms with Gasteiger partial charge < -0.3 is 15.4 Å². The summed E-state index contributed by atoms with van der Waals surface area (Å²) in [7, 11) is 0. The Kier molecular flexibility index (Phi) is 4.59. The van der Waals surface area contributed by atoms with Crippen LogP contribution in [0.1, 0.15) is 40.5 Å². The van der Waals surface area contributed by atoms with Crippen LogP contribution in [0.15, 0.2) is 0 Å². The van der Waals surface area contributed by atoms with Gasteiger partial charge in [0.05, 0.1) is 0 Å². The van der Waals surface area contributed by atoms with E-state index >= 15 is 0 Å². The summed E-state index contributed by atoms with van der Waals surface area (Å²) in [6, 6.07) is 0.305. The Bertz CT molecular complexity index is 236. The number of piperidine rings is 1. The molecule has 0 spiro atoms. The van der Waals surface area contributed by atoms with E-state index in [-0.39, 0.29) is 11.6 Å². The number of carbonyl (C=O) groups is 1. The maximum atomic E-state index is 11.4. The van der Waals surface area contributed by atoms with E-state index < -0.39 is 0 Å². The number of alkyl carbamates (subject to hydrolysis) is 1. The second kappa shape index (κ2) is 5.53. The van der Waals surface area contributed by atoms with Gasteiger partial charge >= 0.3 is 6.09 Å². The van der Waals surface area contributed by atoms with Gasteiger partial charge in [0.15, 0.2) is 0 Å². The molecular formula is C12H24N2O2. The normalized spacial score (nSPS) is 26.2. The molecule has 0 aromatic carbocycles. The van der Waals surface area contributed by atoms with Gasteiger partial charge in [-0.1, -0.05) is 6.92 Å². The van der Waals surface area contributed by atoms with Crippen molar-refractivity contribution in [2.45, 2.75) is 52.1 Å². The van der Waals surface area contributed by atoms with Gasteiger partial charge in [-0.15, -0.1) is 0 Å². The van der Waals surface area contributed by atoms with Crippen LogP contribution in [0.25, 0.3) is 0 Å². The first-order chi connectivity index (χ1) is 7.38. The molecule has 1 fully saturated rings. The zero-order valence-corrected chi connectivity index (χ0v) is 10.8. The minimum atomic E-state index is -0.327. The van der Waals surface area contributed by atoms with Crippen molar-refractivity contribution in [3.63, 3.8) is 0 Å². The van der Waals surface area contributed by atoms with Crippen molar-refractivity contribution in [2.24, 2.45) is 5.92 Å². The van der Waals surface area contributed by atoms with E-state index in [9.17, 15) is 4.79 Å². The van der Waals surface area contributed by atoms with Crippen molar-refractivity contribution in [2.75, 3.05) is 13.2 Å². The van der Waals surface area contributed by atoms with Crippen molar-refractivity contribution in [3.8, 4) is 0 Å². The first-order valence-electron chi connectivity index (χ1n) is 6.07. The molecule has 16 heavy (non-hydrogen) atoms. The van der Waals surface area contributed by atoms with E-state index in [1.807, 2.05) is 20.8 Å². The average molecular weight is 228 g/mol. The summed E-state index contributed by atoms with van der Waals surface area (Å²) < 4.78 is 5.22. The molecule has 0 unspecified atom stereocenters. The van der Waals surface area contributed by atoms with Gasteiger partial charge in [-0.05, 0) is 46.1 Å². The summed E-state index contributed by atoms with van der Waals surface area (Å²) in [6.07, 6.45) is 2.10. The zero-order valence-electron chi connectivity index (χ0n) is 10.8. The van der Waals surface area contributed by atoms with Crippen LogP contribution in [0.4, 0.5) is 4.79 Å². The predicted octanol–water partition coefficient (Wildman–Crippen LogP) is 1.90. The van der Waals surface area contributed by atoms with Gasteiger partial charge in [0.2, 0.25) is 0 Å². The molecule has 2 atom stereocenters. The largest absolute Gasteiger partial charge is 0.448 e. The highest BCUT2D eigenvalue weighted by atomic mass is 16.5. The second-order valence-corrected chi connectivity index (χ2v) is 5.65. The van der Waals surface area contributed by atoms with Crippen LogP contribution in [-0.2, 0) is 4.74 Å². The SMILES string of the molecule is C[C@H]1CCCN[C@@H]1COC(=O)NC(C)(C)C. The lowest BCUT2D eigenvalue weighted by atomic mass is 9.93. The van der Waals surface area contributed by atoms with Crippen LogP contribution in [-0.4, -0.2) is 30.8 Å². The topological polar surface area (TPSA) is 50.4 Å². The first kappa shape index (κ1) is 13.3. The number of rotatable bonds is 2. The fraction of sp³-hybridized carbons (Fsp3) is 0.917. The van der Waals surface area contributed by atoms with Crippen LogP contribution in [0.2, 0.25) is 0 Å². The third-order valence-corrected chi connectivity index (χ3v) is 2.80. The number of ether oxygens (including phenoxy) is 1. The van der Waals surface area contributed by atoms with Gasteiger partial charge in [0.25, 0.3) is 0 Å². The molecule has 4 heteroatoms. The molecule has 0 aromatic rings. The lowest BCUT2D eigenvalue weighted by Crippen LogP contribution is -2.46. The summed E-state index contributed by atoms with van der Waals surface area (Å²) >= 11 is 0. The third-order valence-electron chi connectivity index (χ3n) is 2.80. The lowest BCUT2D eigenvalue weighted by molar-refractivity contribution is 0.109. The average Bonchev–Trinajstić information content (AvgIpc) is 2.14. The number of carbonyl (C=O) groups excluding carboxylic acids is 1. The van der Waals surface area contributed by atoms with E-state index in [1.54, 1.807) is 0 Å². The van der Waals surface area contributed by atoms with Crippen molar-refractivity contribution in [1.82, 2.24) is 10.6 Å². The number of hydrogen-bond donors (Lipinski definition) is 2. The minimum Gasteiger partial charge on any atom is -0.448 e. The van der Waals surface area contributed by atoms with E-state index in [4.69, 9.17) is 4.74 Å². The first-order valence-corrected chi connectivity index (χ1v) is 6.07. The van der Waals surface area contributed by atoms with E-state index in [2.05, 4.69) is 17.6 Å². The van der Waals surface area contributed by atoms with E-state index in [0.717, 1.165) is 6.54 Å². The Balaban J connectivity index is 2.25. The monoisotopic (exact) mass is 228 g/mol. The molecule has 0 bridgehead atoms. The highest BCUT2D eigenvalue weighted by Gasteiger charge is 2.23. The summed E-state index contributed by atoms with van der Waals surface area (Å²) in [5.41, 5.74) is -0.233. The van der Waals surface area contributed by atoms with Gasteiger partial charge in [-0.25, -0.2) is 4.79 Å². The number of amides is 1. The maximum absolute atomic E-state index is 11.4. The van der Waals surface area contributed by atoms with Crippen LogP contribution < -0.4 is 10.6 Å². The van der Waals surface area contributed by atoms with Crippen molar-refractivity contribution in [3.05, 3.63) is 0 Å². The molecule has 4 nitrogen and oxygen atoms in total. The smallest absolute Gasteiger partial charge is 0.407 e. The quantitative estimate of drug-likeness (QED) is 0.759. The second-order valence-electron chi connectivity index (χ2n) is 5.65. The number of hydrogen-bond acceptors (Lipinski definition) is 3. The summed E-state index contributed by atoms with van der Waals surface area (Å²) in [5, 5.41) is 6.17. The standard InChI is InChI=1S/C12H24N2O2/c1-9-6-5-7-13-10(9)8-16-11(15)14-12(2,3)4/h9-10,13H,5-8H2,1-4H3,(H,14,15)/t9-,10+/m0/s1. The van der Waals surface area contributed by atoms with Crippen molar-refractivity contribution in [1.29, 1.82) is 0 Å². The highest BCUT2D eigenvalue weighted by Crippen LogP contribution is 2.15.